The lowest BCUT2D eigenvalue weighted by Crippen LogP contribution is -2.13. The van der Waals surface area contributed by atoms with E-state index >= 15 is 0 Å². The third kappa shape index (κ3) is 3.13. The number of benzene rings is 1. The monoisotopic (exact) mass is 343 g/mol. The van der Waals surface area contributed by atoms with Crippen LogP contribution >= 0.6 is 22.9 Å². The topological polar surface area (TPSA) is 113 Å². The number of nitrogens with one attached hydrogen (secondary N) is 1. The van der Waals surface area contributed by atoms with Gasteiger partial charge in [-0.3, -0.25) is 14.8 Å². The number of nitro groups is 1. The normalized spacial score (nSPS) is 10.9. The molecule has 21 heavy (non-hydrogen) atoms. The van der Waals surface area contributed by atoms with Crippen molar-refractivity contribution < 1.29 is 13.3 Å². The minimum atomic E-state index is -4.13. The van der Waals surface area contributed by atoms with E-state index < -0.39 is 25.5 Å². The molecular formula is C11H6ClN3O4S2. The Morgan fingerprint density at radius 3 is 2.71 bits per heavy atom. The van der Waals surface area contributed by atoms with Gasteiger partial charge < -0.3 is 0 Å². The molecule has 108 valence electrons. The van der Waals surface area contributed by atoms with Crippen molar-refractivity contribution in [2.24, 2.45) is 0 Å². The van der Waals surface area contributed by atoms with Crippen LogP contribution in [-0.4, -0.2) is 13.3 Å². The Morgan fingerprint density at radius 1 is 1.38 bits per heavy atom. The fraction of sp³-hybridized carbons (Fsp3) is 0. The average Bonchev–Trinajstić information content (AvgIpc) is 2.85. The Kier molecular flexibility index (Phi) is 4.13. The lowest BCUT2D eigenvalue weighted by Gasteiger charge is -2.08. The van der Waals surface area contributed by atoms with Gasteiger partial charge in [0.2, 0.25) is 0 Å². The third-order valence-electron chi connectivity index (χ3n) is 2.43. The molecule has 1 aromatic carbocycles. The van der Waals surface area contributed by atoms with Crippen LogP contribution < -0.4 is 4.72 Å². The minimum Gasteiger partial charge on any atom is -0.269 e. The third-order valence-corrected chi connectivity index (χ3v) is 5.22. The fourth-order valence-electron chi connectivity index (χ4n) is 1.46. The Hall–Kier alpha value is -2.15. The largest absolute Gasteiger partial charge is 0.270 e. The highest BCUT2D eigenvalue weighted by atomic mass is 35.5. The van der Waals surface area contributed by atoms with E-state index in [9.17, 15) is 18.5 Å². The van der Waals surface area contributed by atoms with Gasteiger partial charge in [-0.25, -0.2) is 8.42 Å². The zero-order valence-electron chi connectivity index (χ0n) is 10.1. The van der Waals surface area contributed by atoms with Crippen LogP contribution in [0.5, 0.6) is 0 Å². The maximum absolute atomic E-state index is 12.2. The van der Waals surface area contributed by atoms with Crippen LogP contribution in [0.3, 0.4) is 0 Å². The number of nitrogens with zero attached hydrogens (tertiary/aromatic N) is 2. The summed E-state index contributed by atoms with van der Waals surface area (Å²) in [5.74, 6) is 0. The predicted octanol–water partition coefficient (Wildman–Crippen LogP) is 2.98. The molecule has 0 fully saturated rings. The van der Waals surface area contributed by atoms with Crippen molar-refractivity contribution in [3.8, 4) is 6.07 Å². The molecule has 1 aromatic heterocycles. The van der Waals surface area contributed by atoms with Gasteiger partial charge in [-0.1, -0.05) is 11.6 Å². The van der Waals surface area contributed by atoms with E-state index in [0.717, 1.165) is 29.5 Å². The zero-order chi connectivity index (χ0) is 15.6. The zero-order valence-corrected chi connectivity index (χ0v) is 12.5. The molecule has 0 bridgehead atoms. The maximum Gasteiger partial charge on any atom is 0.270 e. The summed E-state index contributed by atoms with van der Waals surface area (Å²) in [4.78, 5) is 9.57. The molecule has 0 amide bonds. The molecule has 0 spiro atoms. The molecule has 0 radical (unpaired) electrons. The van der Waals surface area contributed by atoms with E-state index in [1.165, 1.54) is 6.07 Å². The van der Waals surface area contributed by atoms with Crippen molar-refractivity contribution in [1.29, 1.82) is 5.26 Å². The van der Waals surface area contributed by atoms with Crippen LogP contribution in [0.2, 0.25) is 5.02 Å². The van der Waals surface area contributed by atoms with Gasteiger partial charge in [-0.2, -0.15) is 5.26 Å². The van der Waals surface area contributed by atoms with Crippen LogP contribution in [0, 0.1) is 21.4 Å². The van der Waals surface area contributed by atoms with E-state index in [1.54, 1.807) is 5.38 Å². The number of sulfonamides is 1. The first-order chi connectivity index (χ1) is 9.85. The molecule has 10 heteroatoms. The summed E-state index contributed by atoms with van der Waals surface area (Å²) in [5, 5.41) is 21.1. The Bertz CT molecular complexity index is 855. The van der Waals surface area contributed by atoms with E-state index in [-0.39, 0.29) is 15.6 Å². The molecule has 0 aliphatic carbocycles. The number of hydrogen-bond acceptors (Lipinski definition) is 6. The number of hydrogen-bond donors (Lipinski definition) is 1. The van der Waals surface area contributed by atoms with Crippen LogP contribution in [0.4, 0.5) is 10.7 Å². The lowest BCUT2D eigenvalue weighted by atomic mass is 10.3. The molecule has 0 saturated heterocycles. The quantitative estimate of drug-likeness (QED) is 0.677. The number of halogens is 1. The van der Waals surface area contributed by atoms with E-state index in [4.69, 9.17) is 16.9 Å². The SMILES string of the molecule is N#Cc1ccsc1NS(=O)(=O)c1cc([N+](=O)[O-])ccc1Cl. The molecule has 0 aliphatic heterocycles. The predicted molar refractivity (Wildman–Crippen MR) is 77.9 cm³/mol. The first-order valence-corrected chi connectivity index (χ1v) is 8.03. The van der Waals surface area contributed by atoms with Gasteiger partial charge in [0, 0.05) is 12.1 Å². The van der Waals surface area contributed by atoms with Gasteiger partial charge in [-0.05, 0) is 17.5 Å². The van der Waals surface area contributed by atoms with Crippen LogP contribution in [0.15, 0.2) is 34.5 Å². The highest BCUT2D eigenvalue weighted by molar-refractivity contribution is 7.93. The second kappa shape index (κ2) is 5.69. The number of nitriles is 1. The first-order valence-electron chi connectivity index (χ1n) is 5.29. The fourth-order valence-corrected chi connectivity index (χ4v) is 4.05. The summed E-state index contributed by atoms with van der Waals surface area (Å²) in [6.07, 6.45) is 0. The number of rotatable bonds is 4. The summed E-state index contributed by atoms with van der Waals surface area (Å²) in [5.41, 5.74) is -0.239. The van der Waals surface area contributed by atoms with Gasteiger partial charge in [0.25, 0.3) is 15.7 Å². The number of thiophene rings is 1. The summed E-state index contributed by atoms with van der Waals surface area (Å²) < 4.78 is 26.7. The number of non-ortho nitro benzene ring substituents is 1. The Morgan fingerprint density at radius 2 is 2.10 bits per heavy atom. The lowest BCUT2D eigenvalue weighted by molar-refractivity contribution is -0.385. The second-order valence-electron chi connectivity index (χ2n) is 3.75. The van der Waals surface area contributed by atoms with E-state index in [0.29, 0.717) is 0 Å². The van der Waals surface area contributed by atoms with Crippen LogP contribution in [0.25, 0.3) is 0 Å². The van der Waals surface area contributed by atoms with E-state index in [2.05, 4.69) is 4.72 Å². The highest BCUT2D eigenvalue weighted by Gasteiger charge is 2.23. The smallest absolute Gasteiger partial charge is 0.269 e. The molecule has 0 atom stereocenters. The first kappa shape index (κ1) is 15.2. The number of nitro benzene ring substituents is 1. The summed E-state index contributed by atoms with van der Waals surface area (Å²) in [6.45, 7) is 0. The molecule has 0 unspecified atom stereocenters. The standard InChI is InChI=1S/C11H6ClN3O4S2/c12-9-2-1-8(15(16)17)5-10(9)21(18,19)14-11-7(6-13)3-4-20-11/h1-5,14H. The Balaban J connectivity index is 2.47. The average molecular weight is 344 g/mol. The summed E-state index contributed by atoms with van der Waals surface area (Å²) in [7, 11) is -4.13. The minimum absolute atomic E-state index is 0.125. The van der Waals surface area contributed by atoms with Crippen molar-refractivity contribution in [2.75, 3.05) is 4.72 Å². The maximum atomic E-state index is 12.2. The van der Waals surface area contributed by atoms with E-state index in [1.807, 2.05) is 6.07 Å². The van der Waals surface area contributed by atoms with Gasteiger partial charge in [0.15, 0.2) is 0 Å². The van der Waals surface area contributed by atoms with Crippen molar-refractivity contribution in [3.63, 3.8) is 0 Å². The molecule has 2 rings (SSSR count). The van der Waals surface area contributed by atoms with Gasteiger partial charge in [0.05, 0.1) is 15.5 Å². The molecule has 0 aliphatic rings. The molecule has 0 saturated carbocycles. The highest BCUT2D eigenvalue weighted by Crippen LogP contribution is 2.30. The van der Waals surface area contributed by atoms with Crippen LogP contribution in [-0.2, 0) is 10.0 Å². The van der Waals surface area contributed by atoms with Crippen molar-refractivity contribution >= 4 is 43.6 Å². The molecule has 2 aromatic rings. The molecule has 1 heterocycles. The number of anilines is 1. The molecular weight excluding hydrogens is 338 g/mol. The van der Waals surface area contributed by atoms with Crippen molar-refractivity contribution in [3.05, 3.63) is 50.3 Å². The van der Waals surface area contributed by atoms with Gasteiger partial charge >= 0.3 is 0 Å². The van der Waals surface area contributed by atoms with Crippen molar-refractivity contribution in [2.45, 2.75) is 4.90 Å². The van der Waals surface area contributed by atoms with Gasteiger partial charge in [-0.15, -0.1) is 11.3 Å². The summed E-state index contributed by atoms with van der Waals surface area (Å²) >= 11 is 6.82. The van der Waals surface area contributed by atoms with Crippen LogP contribution in [0.1, 0.15) is 5.56 Å². The Labute approximate surface area is 128 Å². The summed E-state index contributed by atoms with van der Waals surface area (Å²) in [6, 6.07) is 6.39. The molecule has 7 nitrogen and oxygen atoms in total. The molecule has 1 N–H and O–H groups in total. The van der Waals surface area contributed by atoms with Crippen molar-refractivity contribution in [1.82, 2.24) is 0 Å². The van der Waals surface area contributed by atoms with Gasteiger partial charge in [0.1, 0.15) is 16.0 Å². The second-order valence-corrected chi connectivity index (χ2v) is 6.73.